The Hall–Kier alpha value is -4.76. The number of nitrogens with zero attached hydrogens (tertiary/aromatic N) is 1. The van der Waals surface area contributed by atoms with Gasteiger partial charge < -0.3 is 15.6 Å². The van der Waals surface area contributed by atoms with Gasteiger partial charge in [-0.15, -0.1) is 0 Å². The fourth-order valence-corrected chi connectivity index (χ4v) is 7.12. The summed E-state index contributed by atoms with van der Waals surface area (Å²) in [6, 6.07) is 18.0. The predicted octanol–water partition coefficient (Wildman–Crippen LogP) is 3.91. The third kappa shape index (κ3) is 3.58. The van der Waals surface area contributed by atoms with Crippen LogP contribution in [0.1, 0.15) is 29.2 Å². The Labute approximate surface area is 236 Å². The second-order valence-electron chi connectivity index (χ2n) is 11.3. The molecular weight excluding hydrogens is 518 g/mol. The van der Waals surface area contributed by atoms with Gasteiger partial charge in [0.05, 0.1) is 17.5 Å². The molecule has 4 N–H and O–H groups in total. The number of fused-ring (bicyclic) bond motifs is 5. The lowest BCUT2D eigenvalue weighted by Crippen LogP contribution is -2.53. The zero-order valence-corrected chi connectivity index (χ0v) is 22.9. The van der Waals surface area contributed by atoms with Gasteiger partial charge in [0.1, 0.15) is 5.54 Å². The van der Waals surface area contributed by atoms with E-state index in [0.29, 0.717) is 29.0 Å². The molecule has 4 aromatic rings. The molecule has 3 aromatic carbocycles. The van der Waals surface area contributed by atoms with Crippen molar-refractivity contribution in [1.82, 2.24) is 10.3 Å². The van der Waals surface area contributed by atoms with Crippen molar-refractivity contribution in [2.75, 3.05) is 15.5 Å². The first-order chi connectivity index (χ1) is 19.7. The van der Waals surface area contributed by atoms with Crippen LogP contribution in [0.25, 0.3) is 10.9 Å². The molecule has 4 amide bonds. The lowest BCUT2D eigenvalue weighted by Gasteiger charge is -2.30. The molecule has 0 saturated carbocycles. The maximum atomic E-state index is 14.3. The molecule has 1 spiro atoms. The number of nitrogens with one attached hydrogen (secondary N) is 4. The molecule has 3 aliphatic heterocycles. The van der Waals surface area contributed by atoms with Gasteiger partial charge in [0, 0.05) is 47.0 Å². The van der Waals surface area contributed by atoms with Crippen molar-refractivity contribution in [3.8, 4) is 0 Å². The number of imide groups is 1. The molecule has 9 heteroatoms. The molecule has 3 aliphatic rings. The highest BCUT2D eigenvalue weighted by atomic mass is 16.2. The maximum absolute atomic E-state index is 14.3. The molecule has 4 unspecified atom stereocenters. The van der Waals surface area contributed by atoms with Crippen molar-refractivity contribution < 1.29 is 19.2 Å². The SMILES string of the molecule is CC(=O)Nc1ccc(N2C(=O)C3C(Cc4c[nH]c5ccccc45)NC4(C(=O)Nc5c(C)cc(C)cc54)C3C2=O)cc1. The lowest BCUT2D eigenvalue weighted by molar-refractivity contribution is -0.130. The van der Waals surface area contributed by atoms with E-state index in [2.05, 4.69) is 20.9 Å². The van der Waals surface area contributed by atoms with E-state index in [1.807, 2.05) is 56.4 Å². The van der Waals surface area contributed by atoms with Crippen LogP contribution in [0.3, 0.4) is 0 Å². The number of hydrogen-bond acceptors (Lipinski definition) is 5. The fourth-order valence-electron chi connectivity index (χ4n) is 7.12. The summed E-state index contributed by atoms with van der Waals surface area (Å²) in [6.07, 6.45) is 2.39. The minimum Gasteiger partial charge on any atom is -0.361 e. The smallest absolute Gasteiger partial charge is 0.250 e. The standard InChI is InChI=1S/C32H29N5O4/c1-16-12-17(2)28-23(13-16)32(31(41)35-28)27-26(25(36-32)14-19-15-33-24-7-5-4-6-22(19)24)29(39)37(30(27)40)21-10-8-20(9-11-21)34-18(3)38/h4-13,15,25-27,33,36H,14H2,1-3H3,(H,34,38)(H,35,41). The number of carbonyl (C=O) groups is 4. The minimum absolute atomic E-state index is 0.217. The molecule has 0 radical (unpaired) electrons. The Morgan fingerprint density at radius 3 is 2.51 bits per heavy atom. The highest BCUT2D eigenvalue weighted by molar-refractivity contribution is 6.26. The summed E-state index contributed by atoms with van der Waals surface area (Å²) in [5, 5.41) is 10.3. The third-order valence-corrected chi connectivity index (χ3v) is 8.73. The summed E-state index contributed by atoms with van der Waals surface area (Å²) in [4.78, 5) is 58.5. The van der Waals surface area contributed by atoms with Gasteiger partial charge in [-0.3, -0.25) is 24.5 Å². The van der Waals surface area contributed by atoms with Gasteiger partial charge in [-0.2, -0.15) is 0 Å². The van der Waals surface area contributed by atoms with Crippen molar-refractivity contribution >= 4 is 51.6 Å². The summed E-state index contributed by atoms with van der Waals surface area (Å²) in [7, 11) is 0. The molecule has 2 saturated heterocycles. The summed E-state index contributed by atoms with van der Waals surface area (Å²) in [5.41, 5.74) is 4.85. The van der Waals surface area contributed by atoms with Crippen LogP contribution < -0.4 is 20.9 Å². The van der Waals surface area contributed by atoms with Crippen LogP contribution in [0.2, 0.25) is 0 Å². The Bertz CT molecular complexity index is 1790. The van der Waals surface area contributed by atoms with Crippen molar-refractivity contribution in [1.29, 1.82) is 0 Å². The normalized spacial score (nSPS) is 24.7. The van der Waals surface area contributed by atoms with E-state index in [0.717, 1.165) is 27.6 Å². The van der Waals surface area contributed by atoms with E-state index in [1.54, 1.807) is 24.3 Å². The molecule has 7 rings (SSSR count). The minimum atomic E-state index is -1.38. The number of benzene rings is 3. The summed E-state index contributed by atoms with van der Waals surface area (Å²) in [5.74, 6) is -2.98. The topological polar surface area (TPSA) is 123 Å². The number of hydrogen-bond donors (Lipinski definition) is 4. The van der Waals surface area contributed by atoms with E-state index >= 15 is 0 Å². The first kappa shape index (κ1) is 25.2. The van der Waals surface area contributed by atoms with Crippen molar-refractivity contribution in [3.63, 3.8) is 0 Å². The van der Waals surface area contributed by atoms with Crippen LogP contribution in [0.4, 0.5) is 17.1 Å². The zero-order valence-electron chi connectivity index (χ0n) is 22.9. The van der Waals surface area contributed by atoms with E-state index in [9.17, 15) is 19.2 Å². The van der Waals surface area contributed by atoms with Gasteiger partial charge in [-0.25, -0.2) is 4.90 Å². The van der Waals surface area contributed by atoms with Gasteiger partial charge >= 0.3 is 0 Å². The number of H-pyrrole nitrogens is 1. The first-order valence-corrected chi connectivity index (χ1v) is 13.7. The predicted molar refractivity (Wildman–Crippen MR) is 155 cm³/mol. The number of amides is 4. The highest BCUT2D eigenvalue weighted by Gasteiger charge is 2.70. The van der Waals surface area contributed by atoms with E-state index in [1.165, 1.54) is 11.8 Å². The molecule has 4 atom stereocenters. The second-order valence-corrected chi connectivity index (χ2v) is 11.3. The fraction of sp³-hybridized carbons (Fsp3) is 0.250. The molecule has 0 bridgehead atoms. The van der Waals surface area contributed by atoms with Crippen molar-refractivity contribution in [2.24, 2.45) is 11.8 Å². The molecule has 206 valence electrons. The second kappa shape index (κ2) is 8.87. The monoisotopic (exact) mass is 547 g/mol. The van der Waals surface area contributed by atoms with Crippen LogP contribution in [0.5, 0.6) is 0 Å². The number of para-hydroxylation sites is 1. The molecule has 9 nitrogen and oxygen atoms in total. The highest BCUT2D eigenvalue weighted by Crippen LogP contribution is 2.54. The maximum Gasteiger partial charge on any atom is 0.250 e. The third-order valence-electron chi connectivity index (χ3n) is 8.73. The Morgan fingerprint density at radius 1 is 1.00 bits per heavy atom. The average Bonchev–Trinajstić information content (AvgIpc) is 3.64. The molecule has 2 fully saturated rings. The number of aromatic nitrogens is 1. The number of aryl methyl sites for hydroxylation is 2. The molecule has 4 heterocycles. The Morgan fingerprint density at radius 2 is 1.76 bits per heavy atom. The van der Waals surface area contributed by atoms with Crippen molar-refractivity contribution in [2.45, 2.75) is 38.8 Å². The largest absolute Gasteiger partial charge is 0.361 e. The van der Waals surface area contributed by atoms with Gasteiger partial charge in [0.25, 0.3) is 0 Å². The van der Waals surface area contributed by atoms with Crippen LogP contribution in [-0.2, 0) is 31.1 Å². The van der Waals surface area contributed by atoms with Crippen LogP contribution in [-0.4, -0.2) is 34.7 Å². The number of rotatable bonds is 4. The quantitative estimate of drug-likeness (QED) is 0.289. The Balaban J connectivity index is 1.35. The number of anilines is 3. The van der Waals surface area contributed by atoms with Gasteiger partial charge in [-0.1, -0.05) is 35.9 Å². The molecule has 41 heavy (non-hydrogen) atoms. The number of carbonyl (C=O) groups excluding carboxylic acids is 4. The van der Waals surface area contributed by atoms with E-state index < -0.39 is 29.3 Å². The van der Waals surface area contributed by atoms with Crippen LogP contribution in [0, 0.1) is 25.7 Å². The number of aromatic amines is 1. The van der Waals surface area contributed by atoms with Crippen molar-refractivity contribution in [3.05, 3.63) is 89.1 Å². The van der Waals surface area contributed by atoms with Gasteiger partial charge in [-0.05, 0) is 61.7 Å². The lowest BCUT2D eigenvalue weighted by atomic mass is 9.75. The Kier molecular flexibility index (Phi) is 5.46. The van der Waals surface area contributed by atoms with Gasteiger partial charge in [0.15, 0.2) is 0 Å². The van der Waals surface area contributed by atoms with Crippen LogP contribution >= 0.6 is 0 Å². The van der Waals surface area contributed by atoms with Gasteiger partial charge in [0.2, 0.25) is 23.6 Å². The summed E-state index contributed by atoms with van der Waals surface area (Å²) >= 11 is 0. The van der Waals surface area contributed by atoms with Crippen LogP contribution in [0.15, 0.2) is 66.9 Å². The average molecular weight is 548 g/mol. The molecule has 1 aromatic heterocycles. The molecular formula is C32H29N5O4. The summed E-state index contributed by atoms with van der Waals surface area (Å²) in [6.45, 7) is 5.31. The van der Waals surface area contributed by atoms with E-state index in [-0.39, 0.29) is 17.7 Å². The zero-order chi connectivity index (χ0) is 28.6. The molecule has 0 aliphatic carbocycles. The first-order valence-electron chi connectivity index (χ1n) is 13.7. The summed E-state index contributed by atoms with van der Waals surface area (Å²) < 4.78 is 0. The van der Waals surface area contributed by atoms with E-state index in [4.69, 9.17) is 0 Å².